The number of benzene rings is 1. The SMILES string of the molecule is Cc1[nH]c(=S)sc1CC(=O)N[C@H]1CCCN(c2ccccc2F)C1=O. The van der Waals surface area contributed by atoms with E-state index in [2.05, 4.69) is 10.3 Å². The van der Waals surface area contributed by atoms with Crippen LogP contribution in [0, 0.1) is 16.7 Å². The lowest BCUT2D eigenvalue weighted by Gasteiger charge is -2.32. The Balaban J connectivity index is 1.69. The number of hydrogen-bond acceptors (Lipinski definition) is 4. The van der Waals surface area contributed by atoms with E-state index >= 15 is 0 Å². The van der Waals surface area contributed by atoms with Gasteiger partial charge in [0.05, 0.1) is 12.1 Å². The van der Waals surface area contributed by atoms with Gasteiger partial charge < -0.3 is 15.2 Å². The fraction of sp³-hybridized carbons (Fsp3) is 0.353. The number of carbonyl (C=O) groups is 2. The average molecular weight is 379 g/mol. The second-order valence-electron chi connectivity index (χ2n) is 5.94. The number of aryl methyl sites for hydroxylation is 1. The van der Waals surface area contributed by atoms with E-state index in [1.54, 1.807) is 18.2 Å². The average Bonchev–Trinajstić information content (AvgIpc) is 2.87. The van der Waals surface area contributed by atoms with Gasteiger partial charge in [0.1, 0.15) is 11.9 Å². The topological polar surface area (TPSA) is 65.2 Å². The van der Waals surface area contributed by atoms with E-state index in [1.807, 2.05) is 6.92 Å². The number of halogens is 1. The summed E-state index contributed by atoms with van der Waals surface area (Å²) < 4.78 is 14.6. The van der Waals surface area contributed by atoms with E-state index in [9.17, 15) is 14.0 Å². The zero-order valence-electron chi connectivity index (χ0n) is 13.7. The number of aromatic nitrogens is 1. The molecule has 3 rings (SSSR count). The minimum absolute atomic E-state index is 0.174. The lowest BCUT2D eigenvalue weighted by atomic mass is 10.0. The van der Waals surface area contributed by atoms with Crippen LogP contribution in [0.3, 0.4) is 0 Å². The van der Waals surface area contributed by atoms with E-state index in [1.165, 1.54) is 22.3 Å². The number of aromatic amines is 1. The fourth-order valence-corrected chi connectivity index (χ4v) is 4.21. The Morgan fingerprint density at radius 2 is 2.24 bits per heavy atom. The molecule has 2 N–H and O–H groups in total. The molecule has 0 unspecified atom stereocenters. The second-order valence-corrected chi connectivity index (χ2v) is 7.71. The maximum atomic E-state index is 14.0. The van der Waals surface area contributed by atoms with Gasteiger partial charge in [0.15, 0.2) is 3.95 Å². The summed E-state index contributed by atoms with van der Waals surface area (Å²) in [6.07, 6.45) is 1.43. The number of thiazole rings is 1. The van der Waals surface area contributed by atoms with Crippen LogP contribution in [0.15, 0.2) is 24.3 Å². The number of hydrogen-bond donors (Lipinski definition) is 2. The smallest absolute Gasteiger partial charge is 0.249 e. The number of para-hydroxylation sites is 1. The number of nitrogens with zero attached hydrogens (tertiary/aromatic N) is 1. The number of H-pyrrole nitrogens is 1. The highest BCUT2D eigenvalue weighted by Gasteiger charge is 2.32. The van der Waals surface area contributed by atoms with E-state index < -0.39 is 11.9 Å². The predicted octanol–water partition coefficient (Wildman–Crippen LogP) is 3.11. The maximum absolute atomic E-state index is 14.0. The number of rotatable bonds is 4. The lowest BCUT2D eigenvalue weighted by molar-refractivity contribution is -0.128. The summed E-state index contributed by atoms with van der Waals surface area (Å²) in [6.45, 7) is 2.31. The van der Waals surface area contributed by atoms with Crippen LogP contribution >= 0.6 is 23.6 Å². The Kier molecular flexibility index (Phi) is 5.29. The van der Waals surface area contributed by atoms with Gasteiger partial charge in [-0.05, 0) is 44.1 Å². The van der Waals surface area contributed by atoms with Crippen LogP contribution < -0.4 is 10.2 Å². The molecule has 0 aliphatic carbocycles. The first-order valence-electron chi connectivity index (χ1n) is 7.99. The molecule has 1 aromatic carbocycles. The molecule has 132 valence electrons. The fourth-order valence-electron chi connectivity index (χ4n) is 2.92. The van der Waals surface area contributed by atoms with E-state index in [-0.39, 0.29) is 23.9 Å². The summed E-state index contributed by atoms with van der Waals surface area (Å²) in [5, 5.41) is 2.78. The Labute approximate surface area is 153 Å². The molecular weight excluding hydrogens is 361 g/mol. The van der Waals surface area contributed by atoms with Gasteiger partial charge in [-0.3, -0.25) is 9.59 Å². The van der Waals surface area contributed by atoms with Gasteiger partial charge in [-0.2, -0.15) is 0 Å². The molecule has 1 aliphatic rings. The largest absolute Gasteiger partial charge is 0.344 e. The van der Waals surface area contributed by atoms with Gasteiger partial charge >= 0.3 is 0 Å². The Morgan fingerprint density at radius 1 is 1.48 bits per heavy atom. The Hall–Kier alpha value is -2.06. The Bertz CT molecular complexity index is 862. The Morgan fingerprint density at radius 3 is 2.92 bits per heavy atom. The van der Waals surface area contributed by atoms with Crippen LogP contribution in [0.1, 0.15) is 23.4 Å². The van der Waals surface area contributed by atoms with Crippen molar-refractivity contribution in [1.82, 2.24) is 10.3 Å². The summed E-state index contributed by atoms with van der Waals surface area (Å²) in [4.78, 5) is 30.2. The molecule has 0 radical (unpaired) electrons. The van der Waals surface area contributed by atoms with E-state index in [0.29, 0.717) is 23.3 Å². The van der Waals surface area contributed by atoms with Crippen LogP contribution in [0.4, 0.5) is 10.1 Å². The number of amides is 2. The molecule has 1 aromatic heterocycles. The van der Waals surface area contributed by atoms with Crippen molar-refractivity contribution in [3.05, 3.63) is 44.6 Å². The van der Waals surface area contributed by atoms with Crippen molar-refractivity contribution in [2.75, 3.05) is 11.4 Å². The molecule has 1 saturated heterocycles. The molecule has 1 fully saturated rings. The van der Waals surface area contributed by atoms with Crippen LogP contribution in [-0.2, 0) is 16.0 Å². The third-order valence-electron chi connectivity index (χ3n) is 4.16. The van der Waals surface area contributed by atoms with Crippen molar-refractivity contribution >= 4 is 41.1 Å². The summed E-state index contributed by atoms with van der Waals surface area (Å²) in [5.74, 6) is -0.948. The van der Waals surface area contributed by atoms with Gasteiger partial charge in [-0.25, -0.2) is 4.39 Å². The first-order chi connectivity index (χ1) is 12.0. The van der Waals surface area contributed by atoms with Gasteiger partial charge in [-0.15, -0.1) is 11.3 Å². The summed E-state index contributed by atoms with van der Waals surface area (Å²) in [7, 11) is 0. The molecule has 8 heteroatoms. The monoisotopic (exact) mass is 379 g/mol. The first kappa shape index (κ1) is 17.8. The molecular formula is C17H18FN3O2S2. The summed E-state index contributed by atoms with van der Waals surface area (Å²) in [6, 6.07) is 5.55. The second kappa shape index (κ2) is 7.45. The molecule has 0 spiro atoms. The lowest BCUT2D eigenvalue weighted by Crippen LogP contribution is -2.53. The van der Waals surface area contributed by atoms with Crippen LogP contribution in [0.5, 0.6) is 0 Å². The highest BCUT2D eigenvalue weighted by atomic mass is 32.1. The molecule has 0 saturated carbocycles. The molecule has 2 aromatic rings. The molecule has 25 heavy (non-hydrogen) atoms. The minimum atomic E-state index is -0.631. The van der Waals surface area contributed by atoms with Crippen molar-refractivity contribution in [3.63, 3.8) is 0 Å². The van der Waals surface area contributed by atoms with Crippen molar-refractivity contribution in [3.8, 4) is 0 Å². The number of piperidine rings is 1. The maximum Gasteiger partial charge on any atom is 0.249 e. The standard InChI is InChI=1S/C17H18FN3O2S2/c1-10-14(25-17(24)19-10)9-15(22)20-12-6-4-8-21(16(12)23)13-7-3-2-5-11(13)18/h2-3,5,7,12H,4,6,8-9H2,1H3,(H,19,24)(H,20,22)/t12-/m0/s1. The summed E-state index contributed by atoms with van der Waals surface area (Å²) in [5.41, 5.74) is 1.12. The van der Waals surface area contributed by atoms with Gasteiger partial charge in [0.2, 0.25) is 11.8 Å². The number of anilines is 1. The number of nitrogens with one attached hydrogen (secondary N) is 2. The highest BCUT2D eigenvalue weighted by molar-refractivity contribution is 7.73. The van der Waals surface area contributed by atoms with Crippen molar-refractivity contribution in [2.24, 2.45) is 0 Å². The molecule has 5 nitrogen and oxygen atoms in total. The predicted molar refractivity (Wildman–Crippen MR) is 97.9 cm³/mol. The first-order valence-corrected chi connectivity index (χ1v) is 9.22. The highest BCUT2D eigenvalue weighted by Crippen LogP contribution is 2.24. The van der Waals surface area contributed by atoms with Crippen LogP contribution in [0.25, 0.3) is 0 Å². The van der Waals surface area contributed by atoms with E-state index in [0.717, 1.165) is 10.6 Å². The minimum Gasteiger partial charge on any atom is -0.344 e. The van der Waals surface area contributed by atoms with Crippen LogP contribution in [-0.4, -0.2) is 29.4 Å². The summed E-state index contributed by atoms with van der Waals surface area (Å²) >= 11 is 6.43. The quantitative estimate of drug-likeness (QED) is 0.803. The van der Waals surface area contributed by atoms with Crippen LogP contribution in [0.2, 0.25) is 0 Å². The zero-order chi connectivity index (χ0) is 18.0. The third-order valence-corrected chi connectivity index (χ3v) is 5.50. The normalized spacial score (nSPS) is 17.6. The number of carbonyl (C=O) groups excluding carboxylic acids is 2. The van der Waals surface area contributed by atoms with Crippen molar-refractivity contribution in [2.45, 2.75) is 32.2 Å². The van der Waals surface area contributed by atoms with E-state index in [4.69, 9.17) is 12.2 Å². The zero-order valence-corrected chi connectivity index (χ0v) is 15.3. The third kappa shape index (κ3) is 3.96. The van der Waals surface area contributed by atoms with Crippen molar-refractivity contribution in [1.29, 1.82) is 0 Å². The van der Waals surface area contributed by atoms with Gasteiger partial charge in [-0.1, -0.05) is 12.1 Å². The molecule has 2 amide bonds. The van der Waals surface area contributed by atoms with Crippen molar-refractivity contribution < 1.29 is 14.0 Å². The van der Waals surface area contributed by atoms with Gasteiger partial charge in [0.25, 0.3) is 0 Å². The molecule has 1 aliphatic heterocycles. The molecule has 1 atom stereocenters. The molecule has 2 heterocycles. The van der Waals surface area contributed by atoms with Gasteiger partial charge in [0, 0.05) is 17.1 Å². The molecule has 0 bridgehead atoms.